The minimum Gasteiger partial charge on any atom is -0.312 e. The van der Waals surface area contributed by atoms with Gasteiger partial charge in [0.15, 0.2) is 0 Å². The number of aryl methyl sites for hydroxylation is 1. The van der Waals surface area contributed by atoms with E-state index in [1.807, 2.05) is 11.7 Å². The van der Waals surface area contributed by atoms with Crippen LogP contribution < -0.4 is 5.32 Å². The molecule has 0 amide bonds. The third kappa shape index (κ3) is 4.30. The van der Waals surface area contributed by atoms with Crippen LogP contribution in [0.4, 0.5) is 0 Å². The molecule has 0 spiro atoms. The molecule has 0 atom stereocenters. The van der Waals surface area contributed by atoms with Gasteiger partial charge in [0.1, 0.15) is 0 Å². The van der Waals surface area contributed by atoms with Gasteiger partial charge in [0.05, 0.1) is 5.69 Å². The molecule has 0 saturated heterocycles. The Morgan fingerprint density at radius 1 is 1.26 bits per heavy atom. The van der Waals surface area contributed by atoms with Gasteiger partial charge in [-0.15, -0.1) is 5.10 Å². The molecule has 0 radical (unpaired) electrons. The van der Waals surface area contributed by atoms with Crippen molar-refractivity contribution in [2.45, 2.75) is 64.8 Å². The standard InChI is InChI=1S/C15H28N4/c1-14(2,3)16-12-15(8-6-5-7-9-15)10-13-11-19(4)18-17-13/h11,16H,5-10,12H2,1-4H3. The number of aromatic nitrogens is 3. The zero-order valence-electron chi connectivity index (χ0n) is 12.9. The number of nitrogens with zero attached hydrogens (tertiary/aromatic N) is 3. The first-order chi connectivity index (χ1) is 8.89. The highest BCUT2D eigenvalue weighted by Gasteiger charge is 2.33. The van der Waals surface area contributed by atoms with E-state index in [2.05, 4.69) is 42.6 Å². The first-order valence-corrected chi connectivity index (χ1v) is 7.49. The van der Waals surface area contributed by atoms with Crippen LogP contribution in [0.2, 0.25) is 0 Å². The molecule has 1 aromatic heterocycles. The summed E-state index contributed by atoms with van der Waals surface area (Å²) in [6, 6.07) is 0. The molecular weight excluding hydrogens is 236 g/mol. The van der Waals surface area contributed by atoms with Crippen molar-refractivity contribution in [1.82, 2.24) is 20.3 Å². The maximum absolute atomic E-state index is 4.28. The molecule has 0 bridgehead atoms. The van der Waals surface area contributed by atoms with Crippen LogP contribution in [0.25, 0.3) is 0 Å². The summed E-state index contributed by atoms with van der Waals surface area (Å²) < 4.78 is 1.81. The van der Waals surface area contributed by atoms with Crippen LogP contribution in [0.3, 0.4) is 0 Å². The van der Waals surface area contributed by atoms with Crippen molar-refractivity contribution >= 4 is 0 Å². The molecule has 0 unspecified atom stereocenters. The SMILES string of the molecule is Cn1cc(CC2(CNC(C)(C)C)CCCCC2)nn1. The molecule has 0 aromatic carbocycles. The van der Waals surface area contributed by atoms with Crippen molar-refractivity contribution in [3.8, 4) is 0 Å². The molecule has 1 saturated carbocycles. The second-order valence-electron chi connectivity index (χ2n) is 7.22. The van der Waals surface area contributed by atoms with E-state index >= 15 is 0 Å². The molecular formula is C15H28N4. The molecule has 1 fully saturated rings. The summed E-state index contributed by atoms with van der Waals surface area (Å²) in [6.45, 7) is 7.82. The van der Waals surface area contributed by atoms with Crippen molar-refractivity contribution in [1.29, 1.82) is 0 Å². The molecule has 19 heavy (non-hydrogen) atoms. The van der Waals surface area contributed by atoms with Crippen molar-refractivity contribution in [3.05, 3.63) is 11.9 Å². The Bertz CT molecular complexity index is 397. The fourth-order valence-electron chi connectivity index (χ4n) is 3.03. The quantitative estimate of drug-likeness (QED) is 0.909. The van der Waals surface area contributed by atoms with Crippen molar-refractivity contribution < 1.29 is 0 Å². The molecule has 2 rings (SSSR count). The zero-order valence-corrected chi connectivity index (χ0v) is 12.9. The van der Waals surface area contributed by atoms with Crippen molar-refractivity contribution in [2.75, 3.05) is 6.54 Å². The van der Waals surface area contributed by atoms with Gasteiger partial charge in [-0.25, -0.2) is 0 Å². The lowest BCUT2D eigenvalue weighted by Crippen LogP contribution is -2.45. The normalized spacial score (nSPS) is 19.6. The Morgan fingerprint density at radius 3 is 2.47 bits per heavy atom. The summed E-state index contributed by atoms with van der Waals surface area (Å²) in [5, 5.41) is 12.1. The average Bonchev–Trinajstić information content (AvgIpc) is 2.73. The predicted molar refractivity (Wildman–Crippen MR) is 78.0 cm³/mol. The lowest BCUT2D eigenvalue weighted by molar-refractivity contribution is 0.164. The Balaban J connectivity index is 2.05. The second-order valence-corrected chi connectivity index (χ2v) is 7.22. The summed E-state index contributed by atoms with van der Waals surface area (Å²) in [6.07, 6.45) is 9.84. The van der Waals surface area contributed by atoms with Gasteiger partial charge in [0.2, 0.25) is 0 Å². The van der Waals surface area contributed by atoms with Gasteiger partial charge in [-0.2, -0.15) is 0 Å². The smallest absolute Gasteiger partial charge is 0.0833 e. The average molecular weight is 264 g/mol. The number of nitrogens with one attached hydrogen (secondary N) is 1. The lowest BCUT2D eigenvalue weighted by Gasteiger charge is -2.39. The molecule has 1 aromatic rings. The topological polar surface area (TPSA) is 42.7 Å². The monoisotopic (exact) mass is 264 g/mol. The summed E-state index contributed by atoms with van der Waals surface area (Å²) in [4.78, 5) is 0. The summed E-state index contributed by atoms with van der Waals surface area (Å²) in [5.41, 5.74) is 1.70. The zero-order chi connectivity index (χ0) is 13.9. The van der Waals surface area contributed by atoms with E-state index in [0.29, 0.717) is 5.41 Å². The lowest BCUT2D eigenvalue weighted by atomic mass is 9.71. The second kappa shape index (κ2) is 5.61. The van der Waals surface area contributed by atoms with E-state index in [9.17, 15) is 0 Å². The van der Waals surface area contributed by atoms with Crippen molar-refractivity contribution in [2.24, 2.45) is 12.5 Å². The van der Waals surface area contributed by atoms with Gasteiger partial charge < -0.3 is 5.32 Å². The number of hydrogen-bond acceptors (Lipinski definition) is 3. The van der Waals surface area contributed by atoms with Crippen LogP contribution in [0, 0.1) is 5.41 Å². The van der Waals surface area contributed by atoms with Crippen LogP contribution >= 0.6 is 0 Å². The molecule has 0 aliphatic heterocycles. The van der Waals surface area contributed by atoms with Crippen LogP contribution in [0.15, 0.2) is 6.20 Å². The Hall–Kier alpha value is -0.900. The van der Waals surface area contributed by atoms with E-state index in [-0.39, 0.29) is 5.54 Å². The Kier molecular flexibility index (Phi) is 4.29. The van der Waals surface area contributed by atoms with Crippen LogP contribution in [-0.4, -0.2) is 27.1 Å². The van der Waals surface area contributed by atoms with E-state index in [4.69, 9.17) is 0 Å². The fraction of sp³-hybridized carbons (Fsp3) is 0.867. The van der Waals surface area contributed by atoms with E-state index in [0.717, 1.165) is 18.7 Å². The maximum atomic E-state index is 4.28. The number of rotatable bonds is 4. The minimum absolute atomic E-state index is 0.187. The first-order valence-electron chi connectivity index (χ1n) is 7.49. The molecule has 108 valence electrons. The summed E-state index contributed by atoms with van der Waals surface area (Å²) in [5.74, 6) is 0. The predicted octanol–water partition coefficient (Wildman–Crippen LogP) is 2.70. The molecule has 1 heterocycles. The van der Waals surface area contributed by atoms with Crippen LogP contribution in [0.1, 0.15) is 58.6 Å². The molecule has 4 nitrogen and oxygen atoms in total. The van der Waals surface area contributed by atoms with Gasteiger partial charge in [-0.05, 0) is 45.4 Å². The van der Waals surface area contributed by atoms with E-state index < -0.39 is 0 Å². The van der Waals surface area contributed by atoms with Crippen LogP contribution in [-0.2, 0) is 13.5 Å². The van der Waals surface area contributed by atoms with Crippen molar-refractivity contribution in [3.63, 3.8) is 0 Å². The number of hydrogen-bond donors (Lipinski definition) is 1. The third-order valence-electron chi connectivity index (χ3n) is 4.11. The van der Waals surface area contributed by atoms with E-state index in [1.165, 1.54) is 32.1 Å². The molecule has 4 heteroatoms. The van der Waals surface area contributed by atoms with Gasteiger partial charge >= 0.3 is 0 Å². The summed E-state index contributed by atoms with van der Waals surface area (Å²) in [7, 11) is 1.94. The minimum atomic E-state index is 0.187. The highest BCUT2D eigenvalue weighted by atomic mass is 15.4. The highest BCUT2D eigenvalue weighted by Crippen LogP contribution is 2.38. The first kappa shape index (κ1) is 14.5. The Morgan fingerprint density at radius 2 is 1.95 bits per heavy atom. The van der Waals surface area contributed by atoms with Gasteiger partial charge in [-0.1, -0.05) is 24.5 Å². The van der Waals surface area contributed by atoms with E-state index in [1.54, 1.807) is 0 Å². The van der Waals surface area contributed by atoms with Gasteiger partial charge in [0, 0.05) is 25.3 Å². The largest absolute Gasteiger partial charge is 0.312 e. The summed E-state index contributed by atoms with van der Waals surface area (Å²) >= 11 is 0. The van der Waals surface area contributed by atoms with Gasteiger partial charge in [0.25, 0.3) is 0 Å². The Labute approximate surface area is 117 Å². The highest BCUT2D eigenvalue weighted by molar-refractivity contribution is 5.01. The molecule has 1 aliphatic rings. The van der Waals surface area contributed by atoms with Gasteiger partial charge in [-0.3, -0.25) is 4.68 Å². The molecule has 1 aliphatic carbocycles. The fourth-order valence-corrected chi connectivity index (χ4v) is 3.03. The third-order valence-corrected chi connectivity index (χ3v) is 4.11. The molecule has 1 N–H and O–H groups in total. The maximum Gasteiger partial charge on any atom is 0.0833 e. The van der Waals surface area contributed by atoms with Crippen LogP contribution in [0.5, 0.6) is 0 Å².